The number of benzene rings is 1. The van der Waals surface area contributed by atoms with E-state index in [2.05, 4.69) is 11.6 Å². The van der Waals surface area contributed by atoms with Crippen LogP contribution in [0, 0.1) is 5.82 Å². The SMILES string of the molecule is C=CS(=O)(=O)N1CCn2nc(-c3ccc(F)cc3)c(-c3ccncc3)c2C1. The average Bonchev–Trinajstić information content (AvgIpc) is 3.08. The predicted molar refractivity (Wildman–Crippen MR) is 100 cm³/mol. The van der Waals surface area contributed by atoms with Crippen molar-refractivity contribution in [2.75, 3.05) is 6.54 Å². The van der Waals surface area contributed by atoms with Crippen molar-refractivity contribution in [3.05, 3.63) is 72.3 Å². The fourth-order valence-electron chi connectivity index (χ4n) is 3.25. The van der Waals surface area contributed by atoms with Crippen LogP contribution in [0.3, 0.4) is 0 Å². The lowest BCUT2D eigenvalue weighted by Crippen LogP contribution is -2.37. The highest BCUT2D eigenvalue weighted by molar-refractivity contribution is 7.91. The van der Waals surface area contributed by atoms with Crippen molar-refractivity contribution >= 4 is 10.0 Å². The minimum absolute atomic E-state index is 0.195. The molecule has 1 aromatic carbocycles. The number of nitrogens with zero attached hydrogens (tertiary/aromatic N) is 4. The third-order valence-corrected chi connectivity index (χ3v) is 6.05. The zero-order chi connectivity index (χ0) is 19.0. The Morgan fingerprint density at radius 3 is 2.41 bits per heavy atom. The van der Waals surface area contributed by atoms with Gasteiger partial charge in [-0.25, -0.2) is 12.8 Å². The normalized spacial score (nSPS) is 14.7. The van der Waals surface area contributed by atoms with E-state index >= 15 is 0 Å². The highest BCUT2D eigenvalue weighted by atomic mass is 32.2. The van der Waals surface area contributed by atoms with Gasteiger partial charge in [-0.05, 0) is 42.0 Å². The number of sulfonamides is 1. The summed E-state index contributed by atoms with van der Waals surface area (Å²) >= 11 is 0. The number of fused-ring (bicyclic) bond motifs is 1. The Morgan fingerprint density at radius 1 is 1.04 bits per heavy atom. The van der Waals surface area contributed by atoms with E-state index in [1.165, 1.54) is 16.4 Å². The molecule has 0 bridgehead atoms. The van der Waals surface area contributed by atoms with Gasteiger partial charge in [0.05, 0.1) is 18.8 Å². The van der Waals surface area contributed by atoms with E-state index in [1.807, 2.05) is 16.8 Å². The number of aromatic nitrogens is 3. The van der Waals surface area contributed by atoms with Gasteiger partial charge < -0.3 is 0 Å². The van der Waals surface area contributed by atoms with Gasteiger partial charge in [0, 0.05) is 35.5 Å². The molecule has 0 amide bonds. The zero-order valence-electron chi connectivity index (χ0n) is 14.4. The van der Waals surface area contributed by atoms with Crippen molar-refractivity contribution in [3.8, 4) is 22.4 Å². The number of halogens is 1. The molecular weight excluding hydrogens is 367 g/mol. The highest BCUT2D eigenvalue weighted by Crippen LogP contribution is 2.36. The second kappa shape index (κ2) is 6.71. The van der Waals surface area contributed by atoms with Crippen LogP contribution in [0.25, 0.3) is 22.4 Å². The Labute approximate surface area is 156 Å². The topological polar surface area (TPSA) is 68.1 Å². The number of rotatable bonds is 4. The van der Waals surface area contributed by atoms with Gasteiger partial charge in [0.1, 0.15) is 11.5 Å². The first-order valence-electron chi connectivity index (χ1n) is 8.38. The molecule has 0 unspecified atom stereocenters. The minimum Gasteiger partial charge on any atom is -0.266 e. The van der Waals surface area contributed by atoms with E-state index in [1.54, 1.807) is 24.5 Å². The summed E-state index contributed by atoms with van der Waals surface area (Å²) in [6.45, 7) is 4.36. The third kappa shape index (κ3) is 3.17. The first-order chi connectivity index (χ1) is 13.0. The zero-order valence-corrected chi connectivity index (χ0v) is 15.2. The van der Waals surface area contributed by atoms with Crippen molar-refractivity contribution in [1.82, 2.24) is 19.1 Å². The van der Waals surface area contributed by atoms with Crippen LogP contribution in [0.2, 0.25) is 0 Å². The van der Waals surface area contributed by atoms with E-state index in [0.29, 0.717) is 18.8 Å². The molecule has 1 aliphatic rings. The Balaban J connectivity index is 1.90. The van der Waals surface area contributed by atoms with Gasteiger partial charge in [-0.15, -0.1) is 0 Å². The highest BCUT2D eigenvalue weighted by Gasteiger charge is 2.30. The van der Waals surface area contributed by atoms with Gasteiger partial charge in [0.25, 0.3) is 0 Å². The molecule has 0 saturated heterocycles. The van der Waals surface area contributed by atoms with E-state index in [9.17, 15) is 12.8 Å². The predicted octanol–water partition coefficient (Wildman–Crippen LogP) is 3.04. The smallest absolute Gasteiger partial charge is 0.236 e. The fraction of sp³-hybridized carbons (Fsp3) is 0.158. The van der Waals surface area contributed by atoms with Crippen LogP contribution in [0.1, 0.15) is 5.69 Å². The standard InChI is InChI=1S/C19H17FN4O2S/c1-2-27(25,26)23-11-12-24-17(13-23)18(14-7-9-21-10-8-14)19(22-24)15-3-5-16(20)6-4-15/h2-10H,1,11-13H2. The van der Waals surface area contributed by atoms with E-state index in [-0.39, 0.29) is 12.4 Å². The molecule has 0 saturated carbocycles. The molecule has 0 fully saturated rings. The second-order valence-corrected chi connectivity index (χ2v) is 8.06. The Kier molecular flexibility index (Phi) is 4.37. The summed E-state index contributed by atoms with van der Waals surface area (Å²) in [5.74, 6) is -0.323. The van der Waals surface area contributed by atoms with Crippen LogP contribution in [0.15, 0.2) is 60.8 Å². The molecule has 6 nitrogen and oxygen atoms in total. The molecule has 3 aromatic rings. The van der Waals surface area contributed by atoms with Gasteiger partial charge in [-0.1, -0.05) is 6.58 Å². The quantitative estimate of drug-likeness (QED) is 0.693. The summed E-state index contributed by atoms with van der Waals surface area (Å²) < 4.78 is 41.1. The summed E-state index contributed by atoms with van der Waals surface area (Å²) in [7, 11) is -3.53. The first-order valence-corrected chi connectivity index (χ1v) is 9.88. The average molecular weight is 384 g/mol. The monoisotopic (exact) mass is 384 g/mol. The molecule has 0 radical (unpaired) electrons. The number of hydrogen-bond donors (Lipinski definition) is 0. The maximum absolute atomic E-state index is 13.4. The number of hydrogen-bond acceptors (Lipinski definition) is 4. The first kappa shape index (κ1) is 17.6. The van der Waals surface area contributed by atoms with Gasteiger partial charge in [-0.2, -0.15) is 9.40 Å². The third-order valence-electron chi connectivity index (χ3n) is 4.60. The molecule has 3 heterocycles. The summed E-state index contributed by atoms with van der Waals surface area (Å²) in [5.41, 5.74) is 3.95. The lowest BCUT2D eigenvalue weighted by atomic mass is 9.99. The minimum atomic E-state index is -3.53. The Hall–Kier alpha value is -2.84. The molecule has 0 aliphatic carbocycles. The second-order valence-electron chi connectivity index (χ2n) is 6.18. The Morgan fingerprint density at radius 2 is 1.74 bits per heavy atom. The molecule has 1 aliphatic heterocycles. The largest absolute Gasteiger partial charge is 0.266 e. The Bertz CT molecular complexity index is 1090. The van der Waals surface area contributed by atoms with Crippen molar-refractivity contribution in [1.29, 1.82) is 0 Å². The van der Waals surface area contributed by atoms with E-state index < -0.39 is 10.0 Å². The maximum atomic E-state index is 13.4. The van der Waals surface area contributed by atoms with Crippen molar-refractivity contribution in [2.24, 2.45) is 0 Å². The molecular formula is C19H17FN4O2S. The van der Waals surface area contributed by atoms with Crippen molar-refractivity contribution < 1.29 is 12.8 Å². The van der Waals surface area contributed by atoms with E-state index in [0.717, 1.165) is 27.8 Å². The lowest BCUT2D eigenvalue weighted by molar-refractivity contribution is 0.331. The molecule has 0 N–H and O–H groups in total. The lowest BCUT2D eigenvalue weighted by Gasteiger charge is -2.26. The summed E-state index contributed by atoms with van der Waals surface area (Å²) in [6, 6.07) is 9.83. The summed E-state index contributed by atoms with van der Waals surface area (Å²) in [5, 5.41) is 5.66. The summed E-state index contributed by atoms with van der Waals surface area (Å²) in [4.78, 5) is 4.05. The van der Waals surface area contributed by atoms with Gasteiger partial charge in [0.2, 0.25) is 10.0 Å². The van der Waals surface area contributed by atoms with Crippen LogP contribution in [-0.2, 0) is 23.1 Å². The number of pyridine rings is 1. The molecule has 4 rings (SSSR count). The van der Waals surface area contributed by atoms with Crippen LogP contribution >= 0.6 is 0 Å². The molecule has 8 heteroatoms. The van der Waals surface area contributed by atoms with Crippen LogP contribution in [-0.4, -0.2) is 34.0 Å². The maximum Gasteiger partial charge on any atom is 0.236 e. The van der Waals surface area contributed by atoms with Crippen LogP contribution < -0.4 is 0 Å². The van der Waals surface area contributed by atoms with Crippen LogP contribution in [0.4, 0.5) is 4.39 Å². The molecule has 2 aromatic heterocycles. The molecule has 138 valence electrons. The van der Waals surface area contributed by atoms with Gasteiger partial charge >= 0.3 is 0 Å². The summed E-state index contributed by atoms with van der Waals surface area (Å²) in [6.07, 6.45) is 3.35. The van der Waals surface area contributed by atoms with Crippen molar-refractivity contribution in [3.63, 3.8) is 0 Å². The van der Waals surface area contributed by atoms with Crippen LogP contribution in [0.5, 0.6) is 0 Å². The fourth-order valence-corrected chi connectivity index (χ4v) is 4.10. The van der Waals surface area contributed by atoms with Gasteiger partial charge in [-0.3, -0.25) is 9.67 Å². The molecule has 27 heavy (non-hydrogen) atoms. The molecule has 0 spiro atoms. The molecule has 0 atom stereocenters. The van der Waals surface area contributed by atoms with E-state index in [4.69, 9.17) is 5.10 Å². The van der Waals surface area contributed by atoms with Crippen molar-refractivity contribution in [2.45, 2.75) is 13.1 Å². The van der Waals surface area contributed by atoms with Gasteiger partial charge in [0.15, 0.2) is 0 Å².